The van der Waals surface area contributed by atoms with Gasteiger partial charge in [-0.15, -0.1) is 0 Å². The highest BCUT2D eigenvalue weighted by molar-refractivity contribution is 5.88. The van der Waals surface area contributed by atoms with E-state index in [1.54, 1.807) is 20.4 Å². The van der Waals surface area contributed by atoms with E-state index < -0.39 is 6.04 Å². The molecule has 1 aromatic heterocycles. The molecule has 0 saturated carbocycles. The molecule has 0 saturated heterocycles. The summed E-state index contributed by atoms with van der Waals surface area (Å²) in [6.07, 6.45) is 2.35. The van der Waals surface area contributed by atoms with E-state index in [-0.39, 0.29) is 12.2 Å². The summed E-state index contributed by atoms with van der Waals surface area (Å²) in [7, 11) is 3.25. The molecule has 3 aromatic carbocycles. The number of hydrogen-bond acceptors (Lipinski definition) is 6. The molecule has 35 heavy (non-hydrogen) atoms. The number of Topliss-reactive ketones (excluding diaryl/α,β-unsaturated/α-hetero) is 1. The molecule has 6 heteroatoms. The number of hydrogen-bond donors (Lipinski definition) is 1. The van der Waals surface area contributed by atoms with Crippen LogP contribution < -0.4 is 15.2 Å². The lowest BCUT2D eigenvalue weighted by atomic mass is 9.94. The van der Waals surface area contributed by atoms with Crippen LogP contribution in [0.15, 0.2) is 71.4 Å². The Morgan fingerprint density at radius 1 is 0.971 bits per heavy atom. The monoisotopic (exact) mass is 470 g/mol. The summed E-state index contributed by atoms with van der Waals surface area (Å²) in [5.74, 6) is 2.01. The Hall–Kier alpha value is -3.90. The standard InChI is InChI=1S/C29H30N2O4/c1-18-12-23(16-28(34-4)19(18)2)29-24(17-31-35-29)21-10-11-27(33-3)22(14-21)15-26(32)25(30)13-20-8-6-5-7-9-20/h5-12,14,16-17,25H,13,15,30H2,1-4H3. The molecule has 0 aliphatic rings. The van der Waals surface area contributed by atoms with Gasteiger partial charge < -0.3 is 19.7 Å². The fourth-order valence-corrected chi connectivity index (χ4v) is 4.21. The Balaban J connectivity index is 1.64. The van der Waals surface area contributed by atoms with Gasteiger partial charge in [0.2, 0.25) is 0 Å². The highest BCUT2D eigenvalue weighted by Gasteiger charge is 2.20. The van der Waals surface area contributed by atoms with E-state index in [2.05, 4.69) is 11.2 Å². The van der Waals surface area contributed by atoms with E-state index >= 15 is 0 Å². The third kappa shape index (κ3) is 5.28. The summed E-state index contributed by atoms with van der Waals surface area (Å²) in [6.45, 7) is 4.06. The molecule has 0 aliphatic heterocycles. The number of nitrogens with two attached hydrogens (primary N) is 1. The maximum atomic E-state index is 13.0. The molecule has 1 atom stereocenters. The van der Waals surface area contributed by atoms with Gasteiger partial charge in [0.15, 0.2) is 11.5 Å². The predicted molar refractivity (Wildman–Crippen MR) is 137 cm³/mol. The normalized spacial score (nSPS) is 11.8. The third-order valence-electron chi connectivity index (χ3n) is 6.34. The zero-order chi connectivity index (χ0) is 24.9. The third-order valence-corrected chi connectivity index (χ3v) is 6.34. The van der Waals surface area contributed by atoms with Crippen molar-refractivity contribution >= 4 is 5.78 Å². The predicted octanol–water partition coefficient (Wildman–Crippen LogP) is 5.32. The molecule has 1 heterocycles. The van der Waals surface area contributed by atoms with Crippen LogP contribution in [0.1, 0.15) is 22.3 Å². The van der Waals surface area contributed by atoms with E-state index in [0.29, 0.717) is 17.9 Å². The topological polar surface area (TPSA) is 87.6 Å². The van der Waals surface area contributed by atoms with Crippen molar-refractivity contribution in [3.05, 3.63) is 89.1 Å². The zero-order valence-electron chi connectivity index (χ0n) is 20.5. The van der Waals surface area contributed by atoms with Crippen LogP contribution in [-0.2, 0) is 17.6 Å². The first-order valence-electron chi connectivity index (χ1n) is 11.5. The highest BCUT2D eigenvalue weighted by atomic mass is 16.5. The molecule has 1 unspecified atom stereocenters. The van der Waals surface area contributed by atoms with Crippen molar-refractivity contribution in [3.8, 4) is 33.9 Å². The number of nitrogens with zero attached hydrogens (tertiary/aromatic N) is 1. The number of benzene rings is 3. The molecule has 0 bridgehead atoms. The lowest BCUT2D eigenvalue weighted by molar-refractivity contribution is -0.119. The average molecular weight is 471 g/mol. The smallest absolute Gasteiger partial charge is 0.174 e. The minimum absolute atomic E-state index is 0.0475. The molecule has 0 aliphatic carbocycles. The molecule has 0 amide bonds. The molecule has 0 fully saturated rings. The first-order chi connectivity index (χ1) is 16.9. The largest absolute Gasteiger partial charge is 0.496 e. The minimum atomic E-state index is -0.597. The Labute approximate surface area is 205 Å². The molecular weight excluding hydrogens is 440 g/mol. The Kier molecular flexibility index (Phi) is 7.32. The first-order valence-corrected chi connectivity index (χ1v) is 11.5. The number of aromatic nitrogens is 1. The number of methoxy groups -OCH3 is 2. The summed E-state index contributed by atoms with van der Waals surface area (Å²) in [4.78, 5) is 13.0. The van der Waals surface area contributed by atoms with Crippen molar-refractivity contribution in [2.24, 2.45) is 5.73 Å². The number of rotatable bonds is 9. The summed E-state index contributed by atoms with van der Waals surface area (Å²) < 4.78 is 16.7. The molecule has 2 N–H and O–H groups in total. The first kappa shape index (κ1) is 24.2. The maximum Gasteiger partial charge on any atom is 0.174 e. The van der Waals surface area contributed by atoms with Crippen molar-refractivity contribution in [1.82, 2.24) is 5.16 Å². The second-order valence-corrected chi connectivity index (χ2v) is 8.65. The van der Waals surface area contributed by atoms with Crippen LogP contribution in [0.3, 0.4) is 0 Å². The quantitative estimate of drug-likeness (QED) is 0.356. The minimum Gasteiger partial charge on any atom is -0.496 e. The van der Waals surface area contributed by atoms with Crippen LogP contribution in [0.2, 0.25) is 0 Å². The van der Waals surface area contributed by atoms with Crippen LogP contribution >= 0.6 is 0 Å². The Morgan fingerprint density at radius 3 is 2.43 bits per heavy atom. The van der Waals surface area contributed by atoms with Crippen LogP contribution in [0, 0.1) is 13.8 Å². The van der Waals surface area contributed by atoms with Gasteiger partial charge in [-0.25, -0.2) is 0 Å². The molecule has 0 spiro atoms. The summed E-state index contributed by atoms with van der Waals surface area (Å²) in [5.41, 5.74) is 12.8. The van der Waals surface area contributed by atoms with Crippen LogP contribution in [0.4, 0.5) is 0 Å². The van der Waals surface area contributed by atoms with E-state index in [0.717, 1.165) is 44.7 Å². The van der Waals surface area contributed by atoms with Crippen molar-refractivity contribution in [2.45, 2.75) is 32.7 Å². The highest BCUT2D eigenvalue weighted by Crippen LogP contribution is 2.37. The van der Waals surface area contributed by atoms with Crippen molar-refractivity contribution in [1.29, 1.82) is 0 Å². The molecule has 4 rings (SSSR count). The fourth-order valence-electron chi connectivity index (χ4n) is 4.21. The molecule has 0 radical (unpaired) electrons. The molecule has 4 aromatic rings. The van der Waals surface area contributed by atoms with Gasteiger partial charge in [-0.2, -0.15) is 0 Å². The van der Waals surface area contributed by atoms with E-state index in [9.17, 15) is 4.79 Å². The number of carbonyl (C=O) groups is 1. The Morgan fingerprint density at radius 2 is 1.71 bits per heavy atom. The SMILES string of the molecule is COc1ccc(-c2cnoc2-c2cc(C)c(C)c(OC)c2)cc1CC(=O)C(N)Cc1ccccc1. The van der Waals surface area contributed by atoms with Crippen molar-refractivity contribution in [2.75, 3.05) is 14.2 Å². The maximum absolute atomic E-state index is 13.0. The van der Waals surface area contributed by atoms with Crippen LogP contribution in [0.25, 0.3) is 22.5 Å². The number of ether oxygens (including phenoxy) is 2. The average Bonchev–Trinajstić information content (AvgIpc) is 3.36. The van der Waals surface area contributed by atoms with Gasteiger partial charge in [0, 0.05) is 23.1 Å². The summed E-state index contributed by atoms with van der Waals surface area (Å²) >= 11 is 0. The van der Waals surface area contributed by atoms with Gasteiger partial charge in [0.1, 0.15) is 11.5 Å². The van der Waals surface area contributed by atoms with Gasteiger partial charge in [-0.3, -0.25) is 4.79 Å². The van der Waals surface area contributed by atoms with Gasteiger partial charge >= 0.3 is 0 Å². The van der Waals surface area contributed by atoms with Gasteiger partial charge in [-0.05, 0) is 66.8 Å². The van der Waals surface area contributed by atoms with E-state index in [1.165, 1.54) is 0 Å². The van der Waals surface area contributed by atoms with Crippen molar-refractivity contribution < 1.29 is 18.8 Å². The van der Waals surface area contributed by atoms with Crippen LogP contribution in [-0.4, -0.2) is 31.2 Å². The lowest BCUT2D eigenvalue weighted by Gasteiger charge is -2.14. The van der Waals surface area contributed by atoms with Gasteiger partial charge in [0.05, 0.1) is 26.5 Å². The second kappa shape index (κ2) is 10.6. The number of aryl methyl sites for hydroxylation is 1. The summed E-state index contributed by atoms with van der Waals surface area (Å²) in [6, 6.07) is 18.9. The van der Waals surface area contributed by atoms with Crippen molar-refractivity contribution in [3.63, 3.8) is 0 Å². The molecular formula is C29H30N2O4. The number of carbonyl (C=O) groups excluding carboxylic acids is 1. The molecule has 6 nitrogen and oxygen atoms in total. The van der Waals surface area contributed by atoms with Gasteiger partial charge in [-0.1, -0.05) is 41.6 Å². The fraction of sp³-hybridized carbons (Fsp3) is 0.241. The lowest BCUT2D eigenvalue weighted by Crippen LogP contribution is -2.34. The number of ketones is 1. The molecule has 180 valence electrons. The van der Waals surface area contributed by atoms with Crippen LogP contribution in [0.5, 0.6) is 11.5 Å². The second-order valence-electron chi connectivity index (χ2n) is 8.65. The van der Waals surface area contributed by atoms with E-state index in [4.69, 9.17) is 19.7 Å². The zero-order valence-corrected chi connectivity index (χ0v) is 20.5. The van der Waals surface area contributed by atoms with E-state index in [1.807, 2.05) is 68.4 Å². The Bertz CT molecular complexity index is 1330. The van der Waals surface area contributed by atoms with Gasteiger partial charge in [0.25, 0.3) is 0 Å². The summed E-state index contributed by atoms with van der Waals surface area (Å²) in [5, 5.41) is 4.06.